The summed E-state index contributed by atoms with van der Waals surface area (Å²) >= 11 is 0. The summed E-state index contributed by atoms with van der Waals surface area (Å²) in [6.45, 7) is 8.79. The van der Waals surface area contributed by atoms with Crippen LogP contribution in [-0.4, -0.2) is 54.0 Å². The average Bonchev–Trinajstić information content (AvgIpc) is 2.51. The maximum atomic E-state index is 13.5. The summed E-state index contributed by atoms with van der Waals surface area (Å²) in [6.07, 6.45) is 2.27. The lowest BCUT2D eigenvalue weighted by Gasteiger charge is -2.39. The van der Waals surface area contributed by atoms with Crippen LogP contribution < -0.4 is 5.32 Å². The van der Waals surface area contributed by atoms with Crippen LogP contribution in [0.5, 0.6) is 0 Å². The summed E-state index contributed by atoms with van der Waals surface area (Å²) in [7, 11) is 1.97. The summed E-state index contributed by atoms with van der Waals surface area (Å²) in [5.41, 5.74) is 0.520. The summed E-state index contributed by atoms with van der Waals surface area (Å²) in [6, 6.07) is 6.95. The number of halogens is 2. The average molecular weight is 372 g/mol. The molecule has 25 heavy (non-hydrogen) atoms. The molecule has 0 saturated carbocycles. The van der Waals surface area contributed by atoms with Crippen molar-refractivity contribution >= 4 is 18.3 Å². The van der Waals surface area contributed by atoms with Crippen molar-refractivity contribution in [1.82, 2.24) is 15.1 Å². The second-order valence-corrected chi connectivity index (χ2v) is 7.64. The third-order valence-corrected chi connectivity index (χ3v) is 4.61. The molecule has 0 radical (unpaired) electrons. The molecule has 1 aliphatic rings. The summed E-state index contributed by atoms with van der Waals surface area (Å²) < 4.78 is 13.5. The molecule has 0 spiro atoms. The number of rotatable bonds is 5. The van der Waals surface area contributed by atoms with Crippen molar-refractivity contribution in [1.29, 1.82) is 0 Å². The predicted molar refractivity (Wildman–Crippen MR) is 102 cm³/mol. The lowest BCUT2D eigenvalue weighted by atomic mass is 10.0. The van der Waals surface area contributed by atoms with Gasteiger partial charge in [0.15, 0.2) is 0 Å². The van der Waals surface area contributed by atoms with Crippen molar-refractivity contribution < 1.29 is 9.18 Å². The van der Waals surface area contributed by atoms with Gasteiger partial charge >= 0.3 is 0 Å². The Kier molecular flexibility index (Phi) is 8.32. The van der Waals surface area contributed by atoms with Gasteiger partial charge in [-0.2, -0.15) is 0 Å². The van der Waals surface area contributed by atoms with E-state index in [1.165, 1.54) is 12.1 Å². The number of nitrogens with zero attached hydrogens (tertiary/aromatic N) is 2. The van der Waals surface area contributed by atoms with Crippen LogP contribution in [0.2, 0.25) is 0 Å². The molecule has 142 valence electrons. The van der Waals surface area contributed by atoms with Gasteiger partial charge in [-0.05, 0) is 64.9 Å². The Morgan fingerprint density at radius 1 is 1.40 bits per heavy atom. The van der Waals surface area contributed by atoms with Gasteiger partial charge in [-0.3, -0.25) is 9.69 Å². The molecule has 1 saturated heterocycles. The van der Waals surface area contributed by atoms with Gasteiger partial charge in [0.1, 0.15) is 5.82 Å². The number of hydrogen-bond acceptors (Lipinski definition) is 3. The molecule has 1 aromatic rings. The van der Waals surface area contributed by atoms with Crippen LogP contribution in [0.1, 0.15) is 39.2 Å². The Balaban J connectivity index is 0.00000312. The van der Waals surface area contributed by atoms with E-state index in [4.69, 9.17) is 0 Å². The normalized spacial score (nSPS) is 18.5. The Morgan fingerprint density at radius 3 is 2.72 bits per heavy atom. The monoisotopic (exact) mass is 371 g/mol. The zero-order valence-corrected chi connectivity index (χ0v) is 16.5. The topological polar surface area (TPSA) is 35.6 Å². The van der Waals surface area contributed by atoms with Crippen LogP contribution >= 0.6 is 12.4 Å². The second kappa shape index (κ2) is 9.51. The van der Waals surface area contributed by atoms with Crippen molar-refractivity contribution in [2.45, 2.75) is 51.7 Å². The van der Waals surface area contributed by atoms with Gasteiger partial charge in [-0.25, -0.2) is 4.39 Å². The molecule has 0 aromatic heterocycles. The molecule has 6 heteroatoms. The molecule has 4 nitrogen and oxygen atoms in total. The van der Waals surface area contributed by atoms with Gasteiger partial charge < -0.3 is 10.2 Å². The number of piperidine rings is 1. The van der Waals surface area contributed by atoms with Crippen molar-refractivity contribution in [3.63, 3.8) is 0 Å². The van der Waals surface area contributed by atoms with Gasteiger partial charge in [0.05, 0.1) is 6.54 Å². The molecule has 0 aliphatic carbocycles. The highest BCUT2D eigenvalue weighted by Crippen LogP contribution is 2.19. The van der Waals surface area contributed by atoms with Crippen LogP contribution in [0.25, 0.3) is 0 Å². The first-order chi connectivity index (χ1) is 11.3. The molecule has 1 aromatic carbocycles. The number of nitrogens with one attached hydrogen (secondary N) is 1. The number of carbonyl (C=O) groups excluding carboxylic acids is 1. The van der Waals surface area contributed by atoms with Crippen LogP contribution in [0.3, 0.4) is 0 Å². The van der Waals surface area contributed by atoms with E-state index in [1.807, 2.05) is 38.8 Å². The van der Waals surface area contributed by atoms with E-state index >= 15 is 0 Å². The molecule has 1 unspecified atom stereocenters. The van der Waals surface area contributed by atoms with Crippen molar-refractivity contribution in [2.24, 2.45) is 0 Å². The Morgan fingerprint density at radius 2 is 2.12 bits per heavy atom. The van der Waals surface area contributed by atoms with Gasteiger partial charge in [0.25, 0.3) is 0 Å². The van der Waals surface area contributed by atoms with Crippen LogP contribution in [0.4, 0.5) is 4.39 Å². The van der Waals surface area contributed by atoms with Crippen molar-refractivity contribution in [3.8, 4) is 0 Å². The summed E-state index contributed by atoms with van der Waals surface area (Å²) in [5, 5.41) is 3.30. The molecule has 1 atom stereocenters. The first-order valence-electron chi connectivity index (χ1n) is 8.74. The minimum atomic E-state index is -0.304. The van der Waals surface area contributed by atoms with Crippen molar-refractivity contribution in [3.05, 3.63) is 35.6 Å². The highest BCUT2D eigenvalue weighted by molar-refractivity contribution is 5.85. The number of benzene rings is 1. The standard InChI is InChI=1S/C19H30FN3O.ClH/c1-19(2,3)23(12-15-7-5-8-16(20)11-15)18(24)14-22-10-6-9-17(13-22)21-4;/h5,7-8,11,17,21H,6,9-10,12-14H2,1-4H3;1H. The molecular formula is C19H31ClFN3O. The Bertz CT molecular complexity index is 562. The van der Waals surface area contributed by atoms with E-state index in [9.17, 15) is 9.18 Å². The fraction of sp³-hybridized carbons (Fsp3) is 0.632. The minimum absolute atomic E-state index is 0. The van der Waals surface area contributed by atoms with Gasteiger partial charge in [0.2, 0.25) is 5.91 Å². The van der Waals surface area contributed by atoms with E-state index < -0.39 is 0 Å². The lowest BCUT2D eigenvalue weighted by Crippen LogP contribution is -2.52. The van der Waals surface area contributed by atoms with Crippen LogP contribution in [0, 0.1) is 5.82 Å². The fourth-order valence-electron chi connectivity index (χ4n) is 3.23. The molecular weight excluding hydrogens is 341 g/mol. The lowest BCUT2D eigenvalue weighted by molar-refractivity contribution is -0.138. The first kappa shape index (κ1) is 21.9. The zero-order valence-electron chi connectivity index (χ0n) is 15.7. The smallest absolute Gasteiger partial charge is 0.237 e. The molecule has 0 bridgehead atoms. The highest BCUT2D eigenvalue weighted by atomic mass is 35.5. The van der Waals surface area contributed by atoms with E-state index in [1.54, 1.807) is 6.07 Å². The third-order valence-electron chi connectivity index (χ3n) is 4.61. The predicted octanol–water partition coefficient (Wildman–Crippen LogP) is 3.06. The first-order valence-corrected chi connectivity index (χ1v) is 8.74. The second-order valence-electron chi connectivity index (χ2n) is 7.64. The van der Waals surface area contributed by atoms with E-state index in [0.717, 1.165) is 31.5 Å². The van der Waals surface area contributed by atoms with Gasteiger partial charge in [-0.1, -0.05) is 12.1 Å². The maximum absolute atomic E-state index is 13.5. The van der Waals surface area contributed by atoms with E-state index in [-0.39, 0.29) is 29.7 Å². The molecule has 1 fully saturated rings. The Hall–Kier alpha value is -1.17. The number of likely N-dealkylation sites (tertiary alicyclic amines) is 1. The molecule has 1 heterocycles. The summed E-state index contributed by atoms with van der Waals surface area (Å²) in [4.78, 5) is 17.0. The number of carbonyl (C=O) groups is 1. The van der Waals surface area contributed by atoms with Crippen molar-refractivity contribution in [2.75, 3.05) is 26.7 Å². The largest absolute Gasteiger partial charge is 0.332 e. The van der Waals surface area contributed by atoms with Crippen LogP contribution in [0.15, 0.2) is 24.3 Å². The third kappa shape index (κ3) is 6.57. The minimum Gasteiger partial charge on any atom is -0.332 e. The highest BCUT2D eigenvalue weighted by Gasteiger charge is 2.29. The van der Waals surface area contributed by atoms with Gasteiger partial charge in [-0.15, -0.1) is 12.4 Å². The molecule has 1 aliphatic heterocycles. The fourth-order valence-corrected chi connectivity index (χ4v) is 3.23. The number of likely N-dealkylation sites (N-methyl/N-ethyl adjacent to an activating group) is 1. The van der Waals surface area contributed by atoms with Gasteiger partial charge in [0, 0.05) is 24.7 Å². The number of hydrogen-bond donors (Lipinski definition) is 1. The molecule has 1 N–H and O–H groups in total. The number of amides is 1. The van der Waals surface area contributed by atoms with E-state index in [2.05, 4.69) is 10.2 Å². The summed E-state index contributed by atoms with van der Waals surface area (Å²) in [5.74, 6) is -0.162. The molecule has 2 rings (SSSR count). The zero-order chi connectivity index (χ0) is 17.7. The quantitative estimate of drug-likeness (QED) is 0.864. The maximum Gasteiger partial charge on any atom is 0.237 e. The SMILES string of the molecule is CNC1CCCN(CC(=O)N(Cc2cccc(F)c2)C(C)(C)C)C1.Cl. The molecule has 1 amide bonds. The van der Waals surface area contributed by atoms with E-state index in [0.29, 0.717) is 19.1 Å². The van der Waals surface area contributed by atoms with Crippen LogP contribution in [-0.2, 0) is 11.3 Å². The Labute approximate surface area is 157 Å².